The second kappa shape index (κ2) is 7.44. The summed E-state index contributed by atoms with van der Waals surface area (Å²) in [6.07, 6.45) is 1.38. The number of carbonyl (C=O) groups is 3. The molecule has 2 amide bonds. The van der Waals surface area contributed by atoms with Crippen LogP contribution in [0.2, 0.25) is 0 Å². The monoisotopic (exact) mass is 365 g/mol. The highest BCUT2D eigenvalue weighted by atomic mass is 16.4. The Hall–Kier alpha value is -4.07. The molecule has 8 heteroatoms. The minimum atomic E-state index is -1.32. The van der Waals surface area contributed by atoms with Gasteiger partial charge in [0.15, 0.2) is 5.76 Å². The van der Waals surface area contributed by atoms with Crippen LogP contribution in [0.15, 0.2) is 65.3 Å². The van der Waals surface area contributed by atoms with E-state index in [4.69, 9.17) is 9.52 Å². The molecule has 0 saturated heterocycles. The van der Waals surface area contributed by atoms with Crippen molar-refractivity contribution in [3.63, 3.8) is 0 Å². The van der Waals surface area contributed by atoms with Crippen LogP contribution in [0.25, 0.3) is 0 Å². The Morgan fingerprint density at radius 2 is 1.67 bits per heavy atom. The Balaban J connectivity index is 1.71. The van der Waals surface area contributed by atoms with Gasteiger partial charge in [0.05, 0.1) is 17.5 Å². The Labute approximate surface area is 153 Å². The van der Waals surface area contributed by atoms with Crippen LogP contribution in [-0.4, -0.2) is 22.9 Å². The largest absolute Gasteiger partial charge is 0.872 e. The van der Waals surface area contributed by atoms with Gasteiger partial charge in [0.25, 0.3) is 11.8 Å². The molecule has 1 heterocycles. The van der Waals surface area contributed by atoms with Crippen LogP contribution in [-0.2, 0) is 0 Å². The van der Waals surface area contributed by atoms with Crippen LogP contribution in [0.1, 0.15) is 31.3 Å². The SMILES string of the molecule is O=C(Nc1ccc([O-])cc1C(=O)O)c1ccc(NC(=O)c2ccco2)cc1. The summed E-state index contributed by atoms with van der Waals surface area (Å²) in [5, 5.41) is 25.5. The summed E-state index contributed by atoms with van der Waals surface area (Å²) in [7, 11) is 0. The van der Waals surface area contributed by atoms with Crippen molar-refractivity contribution in [1.82, 2.24) is 0 Å². The highest BCUT2D eigenvalue weighted by molar-refractivity contribution is 6.08. The summed E-state index contributed by atoms with van der Waals surface area (Å²) in [6.45, 7) is 0. The third-order valence-corrected chi connectivity index (χ3v) is 3.62. The lowest BCUT2D eigenvalue weighted by atomic mass is 10.1. The van der Waals surface area contributed by atoms with Crippen molar-refractivity contribution in [2.24, 2.45) is 0 Å². The number of anilines is 2. The fourth-order valence-corrected chi connectivity index (χ4v) is 2.31. The van der Waals surface area contributed by atoms with Crippen LogP contribution in [0.4, 0.5) is 11.4 Å². The summed E-state index contributed by atoms with van der Waals surface area (Å²) < 4.78 is 4.99. The maximum atomic E-state index is 12.3. The van der Waals surface area contributed by atoms with E-state index in [1.54, 1.807) is 6.07 Å². The molecule has 1 aromatic heterocycles. The minimum Gasteiger partial charge on any atom is -0.872 e. The fraction of sp³-hybridized carbons (Fsp3) is 0. The Bertz CT molecular complexity index is 994. The second-order valence-electron chi connectivity index (χ2n) is 5.48. The van der Waals surface area contributed by atoms with Crippen molar-refractivity contribution in [2.75, 3.05) is 10.6 Å². The first kappa shape index (κ1) is 17.7. The molecule has 0 saturated carbocycles. The summed E-state index contributed by atoms with van der Waals surface area (Å²) in [5.74, 6) is -2.62. The van der Waals surface area contributed by atoms with Crippen LogP contribution in [0, 0.1) is 0 Å². The summed E-state index contributed by atoms with van der Waals surface area (Å²) in [6, 6.07) is 12.4. The predicted octanol–water partition coefficient (Wildman–Crippen LogP) is 2.56. The Morgan fingerprint density at radius 3 is 2.30 bits per heavy atom. The molecule has 0 atom stereocenters. The van der Waals surface area contributed by atoms with E-state index in [1.807, 2.05) is 0 Å². The number of furan rings is 1. The van der Waals surface area contributed by atoms with Crippen molar-refractivity contribution in [2.45, 2.75) is 0 Å². The zero-order valence-electron chi connectivity index (χ0n) is 13.8. The summed E-state index contributed by atoms with van der Waals surface area (Å²) >= 11 is 0. The molecular weight excluding hydrogens is 352 g/mol. The first-order chi connectivity index (χ1) is 12.9. The molecule has 8 nitrogen and oxygen atoms in total. The first-order valence-electron chi connectivity index (χ1n) is 7.74. The van der Waals surface area contributed by atoms with Gasteiger partial charge < -0.3 is 25.3 Å². The summed E-state index contributed by atoms with van der Waals surface area (Å²) in [4.78, 5) is 35.4. The summed E-state index contributed by atoms with van der Waals surface area (Å²) in [5.41, 5.74) is 0.420. The van der Waals surface area contributed by atoms with Crippen LogP contribution in [0.3, 0.4) is 0 Å². The lowest BCUT2D eigenvalue weighted by molar-refractivity contribution is -0.268. The van der Waals surface area contributed by atoms with Gasteiger partial charge in [0, 0.05) is 11.3 Å². The predicted molar refractivity (Wildman–Crippen MR) is 93.9 cm³/mol. The first-order valence-corrected chi connectivity index (χ1v) is 7.74. The van der Waals surface area contributed by atoms with Gasteiger partial charge in [-0.25, -0.2) is 4.79 Å². The maximum absolute atomic E-state index is 12.3. The van der Waals surface area contributed by atoms with Gasteiger partial charge >= 0.3 is 5.97 Å². The lowest BCUT2D eigenvalue weighted by Crippen LogP contribution is -2.15. The average molecular weight is 365 g/mol. The number of carboxylic acids is 1. The molecule has 136 valence electrons. The smallest absolute Gasteiger partial charge is 0.337 e. The van der Waals surface area contributed by atoms with E-state index in [-0.39, 0.29) is 22.6 Å². The Kier molecular flexibility index (Phi) is 4.89. The number of rotatable bonds is 5. The quantitative estimate of drug-likeness (QED) is 0.637. The molecule has 0 radical (unpaired) electrons. The van der Waals surface area contributed by atoms with Crippen molar-refractivity contribution in [3.05, 3.63) is 77.7 Å². The fourth-order valence-electron chi connectivity index (χ4n) is 2.31. The normalized spacial score (nSPS) is 10.2. The van der Waals surface area contributed by atoms with Crippen LogP contribution < -0.4 is 15.7 Å². The molecule has 2 aromatic carbocycles. The molecule has 0 aliphatic rings. The number of carbonyl (C=O) groups excluding carboxylic acids is 2. The minimum absolute atomic E-state index is 0.0160. The molecule has 0 spiro atoms. The van der Waals surface area contributed by atoms with E-state index in [0.717, 1.165) is 12.1 Å². The number of amides is 2. The van der Waals surface area contributed by atoms with Crippen LogP contribution in [0.5, 0.6) is 5.75 Å². The lowest BCUT2D eigenvalue weighted by Gasteiger charge is -2.12. The molecule has 0 unspecified atom stereocenters. The topological polar surface area (TPSA) is 132 Å². The van der Waals surface area contributed by atoms with E-state index in [2.05, 4.69) is 10.6 Å². The number of hydrogen-bond acceptors (Lipinski definition) is 5. The van der Waals surface area contributed by atoms with Crippen molar-refractivity contribution in [1.29, 1.82) is 0 Å². The zero-order chi connectivity index (χ0) is 19.4. The number of nitrogens with one attached hydrogen (secondary N) is 2. The van der Waals surface area contributed by atoms with Gasteiger partial charge in [0.2, 0.25) is 0 Å². The molecule has 27 heavy (non-hydrogen) atoms. The molecule has 3 aromatic rings. The van der Waals surface area contributed by atoms with Crippen molar-refractivity contribution in [3.8, 4) is 5.75 Å². The standard InChI is InChI=1S/C19H14N2O6/c22-13-7-8-15(14(10-13)19(25)26)21-17(23)11-3-5-12(6-4-11)20-18(24)16-2-1-9-27-16/h1-10,22H,(H,20,24)(H,21,23)(H,25,26)/p-1. The molecule has 3 N–H and O–H groups in total. The van der Waals surface area contributed by atoms with E-state index >= 15 is 0 Å². The van der Waals surface area contributed by atoms with Gasteiger partial charge in [-0.05, 0) is 42.5 Å². The molecule has 0 bridgehead atoms. The van der Waals surface area contributed by atoms with E-state index in [0.29, 0.717) is 5.69 Å². The van der Waals surface area contributed by atoms with E-state index in [9.17, 15) is 19.5 Å². The van der Waals surface area contributed by atoms with Crippen molar-refractivity contribution < 1.29 is 29.0 Å². The maximum Gasteiger partial charge on any atom is 0.337 e. The molecule has 3 rings (SSSR count). The van der Waals surface area contributed by atoms with E-state index in [1.165, 1.54) is 42.7 Å². The third-order valence-electron chi connectivity index (χ3n) is 3.62. The molecule has 0 aliphatic heterocycles. The highest BCUT2D eigenvalue weighted by Gasteiger charge is 2.14. The van der Waals surface area contributed by atoms with Gasteiger partial charge in [-0.1, -0.05) is 12.1 Å². The Morgan fingerprint density at radius 1 is 0.926 bits per heavy atom. The van der Waals surface area contributed by atoms with Gasteiger partial charge in [-0.3, -0.25) is 9.59 Å². The average Bonchev–Trinajstić information content (AvgIpc) is 3.18. The number of benzene rings is 2. The second-order valence-corrected chi connectivity index (χ2v) is 5.48. The van der Waals surface area contributed by atoms with Gasteiger partial charge in [-0.15, -0.1) is 5.75 Å². The van der Waals surface area contributed by atoms with Crippen molar-refractivity contribution >= 4 is 29.2 Å². The van der Waals surface area contributed by atoms with Gasteiger partial charge in [-0.2, -0.15) is 0 Å². The zero-order valence-corrected chi connectivity index (χ0v) is 13.8. The van der Waals surface area contributed by atoms with Crippen LogP contribution >= 0.6 is 0 Å². The van der Waals surface area contributed by atoms with E-state index < -0.39 is 23.5 Å². The number of carboxylic acid groups (broad SMARTS) is 1. The molecular formula is C19H13N2O6-. The molecule has 0 fully saturated rings. The highest BCUT2D eigenvalue weighted by Crippen LogP contribution is 2.21. The van der Waals surface area contributed by atoms with Gasteiger partial charge in [0.1, 0.15) is 0 Å². The third kappa shape index (κ3) is 4.13. The molecule has 0 aliphatic carbocycles. The number of aromatic carboxylic acids is 1. The number of hydrogen-bond donors (Lipinski definition) is 3.